The summed E-state index contributed by atoms with van der Waals surface area (Å²) in [4.78, 5) is 0. The van der Waals surface area contributed by atoms with Gasteiger partial charge in [0, 0.05) is 18.1 Å². The summed E-state index contributed by atoms with van der Waals surface area (Å²) in [7, 11) is 0. The first-order chi connectivity index (χ1) is 10.2. The van der Waals surface area contributed by atoms with Crippen LogP contribution in [0.4, 0.5) is 0 Å². The molecule has 116 valence electrons. The molecule has 1 aliphatic carbocycles. The van der Waals surface area contributed by atoms with Crippen molar-refractivity contribution in [2.24, 2.45) is 0 Å². The molecule has 0 bridgehead atoms. The van der Waals surface area contributed by atoms with E-state index in [0.29, 0.717) is 18.1 Å². The highest BCUT2D eigenvalue weighted by Crippen LogP contribution is 2.33. The molecule has 0 radical (unpaired) electrons. The maximum absolute atomic E-state index is 3.86. The second-order valence-corrected chi connectivity index (χ2v) is 7.12. The topological polar surface area (TPSA) is 15.3 Å². The van der Waals surface area contributed by atoms with Crippen molar-refractivity contribution >= 4 is 0 Å². The highest BCUT2D eigenvalue weighted by molar-refractivity contribution is 5.20. The quantitative estimate of drug-likeness (QED) is 0.881. The Morgan fingerprint density at radius 2 is 1.48 bits per heavy atom. The Morgan fingerprint density at radius 3 is 2.10 bits per heavy atom. The number of hydrazine groups is 1. The van der Waals surface area contributed by atoms with Crippen LogP contribution in [0.15, 0.2) is 30.3 Å². The Morgan fingerprint density at radius 1 is 0.857 bits per heavy atom. The molecule has 2 heteroatoms. The van der Waals surface area contributed by atoms with Gasteiger partial charge in [0.25, 0.3) is 0 Å². The van der Waals surface area contributed by atoms with Gasteiger partial charge in [0.15, 0.2) is 0 Å². The largest absolute Gasteiger partial charge is 0.252 e. The van der Waals surface area contributed by atoms with E-state index in [-0.39, 0.29) is 0 Å². The molecule has 2 unspecified atom stereocenters. The zero-order valence-electron chi connectivity index (χ0n) is 13.6. The lowest BCUT2D eigenvalue weighted by Crippen LogP contribution is -2.55. The first-order valence-corrected chi connectivity index (χ1v) is 8.83. The van der Waals surface area contributed by atoms with Crippen LogP contribution in [0.3, 0.4) is 0 Å². The molecule has 3 rings (SSSR count). The predicted octanol–water partition coefficient (Wildman–Crippen LogP) is 4.48. The Labute approximate surface area is 129 Å². The zero-order chi connectivity index (χ0) is 14.7. The lowest BCUT2D eigenvalue weighted by atomic mass is 9.82. The van der Waals surface area contributed by atoms with E-state index in [2.05, 4.69) is 54.6 Å². The lowest BCUT2D eigenvalue weighted by Gasteiger charge is -2.43. The van der Waals surface area contributed by atoms with Crippen LogP contribution in [-0.2, 0) is 0 Å². The Hall–Kier alpha value is -0.860. The Bertz CT molecular complexity index is 412. The SMILES string of the molecule is CC1CCCC(C)N1NC1CCC(c2ccccc2)CC1. The van der Waals surface area contributed by atoms with Gasteiger partial charge in [-0.2, -0.15) is 0 Å². The number of benzene rings is 1. The molecule has 0 aromatic heterocycles. The number of nitrogens with one attached hydrogen (secondary N) is 1. The summed E-state index contributed by atoms with van der Waals surface area (Å²) in [5.41, 5.74) is 5.40. The van der Waals surface area contributed by atoms with Crippen LogP contribution in [0.2, 0.25) is 0 Å². The van der Waals surface area contributed by atoms with E-state index in [1.54, 1.807) is 0 Å². The summed E-state index contributed by atoms with van der Waals surface area (Å²) in [5.74, 6) is 0.778. The fraction of sp³-hybridized carbons (Fsp3) is 0.684. The minimum atomic E-state index is 0.688. The highest BCUT2D eigenvalue weighted by atomic mass is 15.5. The summed E-state index contributed by atoms with van der Waals surface area (Å²) in [6.07, 6.45) is 9.37. The van der Waals surface area contributed by atoms with E-state index in [1.807, 2.05) is 0 Å². The molecule has 1 N–H and O–H groups in total. The smallest absolute Gasteiger partial charge is 0.0218 e. The molecule has 2 nitrogen and oxygen atoms in total. The molecule has 1 saturated heterocycles. The second-order valence-electron chi connectivity index (χ2n) is 7.12. The molecule has 21 heavy (non-hydrogen) atoms. The van der Waals surface area contributed by atoms with Crippen molar-refractivity contribution in [2.75, 3.05) is 0 Å². The number of hydrogen-bond acceptors (Lipinski definition) is 2. The number of hydrogen-bond donors (Lipinski definition) is 1. The van der Waals surface area contributed by atoms with Gasteiger partial charge in [-0.1, -0.05) is 36.8 Å². The molecule has 1 saturated carbocycles. The highest BCUT2D eigenvalue weighted by Gasteiger charge is 2.29. The van der Waals surface area contributed by atoms with Crippen LogP contribution in [0.5, 0.6) is 0 Å². The van der Waals surface area contributed by atoms with Gasteiger partial charge in [0.1, 0.15) is 0 Å². The van der Waals surface area contributed by atoms with Gasteiger partial charge in [-0.3, -0.25) is 5.43 Å². The van der Waals surface area contributed by atoms with Crippen LogP contribution in [0, 0.1) is 0 Å². The molecule has 2 atom stereocenters. The Balaban J connectivity index is 1.52. The average molecular weight is 286 g/mol. The van der Waals surface area contributed by atoms with E-state index in [9.17, 15) is 0 Å². The second kappa shape index (κ2) is 6.93. The van der Waals surface area contributed by atoms with Gasteiger partial charge in [-0.05, 0) is 63.9 Å². The monoisotopic (exact) mass is 286 g/mol. The Kier molecular flexibility index (Phi) is 4.97. The normalized spacial score (nSPS) is 34.8. The molecular weight excluding hydrogens is 256 g/mol. The van der Waals surface area contributed by atoms with Crippen LogP contribution < -0.4 is 5.43 Å². The summed E-state index contributed by atoms with van der Waals surface area (Å²) in [6, 6.07) is 13.2. The maximum Gasteiger partial charge on any atom is 0.0218 e. The number of nitrogens with zero attached hydrogens (tertiary/aromatic N) is 1. The van der Waals surface area contributed by atoms with Crippen LogP contribution in [-0.4, -0.2) is 23.1 Å². The van der Waals surface area contributed by atoms with Crippen molar-refractivity contribution < 1.29 is 0 Å². The predicted molar refractivity (Wildman–Crippen MR) is 89.2 cm³/mol. The third kappa shape index (κ3) is 3.67. The van der Waals surface area contributed by atoms with Gasteiger partial charge in [-0.25, -0.2) is 5.01 Å². The fourth-order valence-electron chi connectivity index (χ4n) is 4.17. The van der Waals surface area contributed by atoms with E-state index in [0.717, 1.165) is 5.92 Å². The summed E-state index contributed by atoms with van der Waals surface area (Å²) in [5, 5.41) is 2.55. The van der Waals surface area contributed by atoms with E-state index >= 15 is 0 Å². The first kappa shape index (κ1) is 15.1. The average Bonchev–Trinajstić information content (AvgIpc) is 2.53. The van der Waals surface area contributed by atoms with Crippen molar-refractivity contribution in [3.8, 4) is 0 Å². The third-order valence-electron chi connectivity index (χ3n) is 5.52. The van der Waals surface area contributed by atoms with Gasteiger partial charge in [-0.15, -0.1) is 0 Å². The van der Waals surface area contributed by atoms with Crippen molar-refractivity contribution in [1.29, 1.82) is 0 Å². The molecular formula is C19H30N2. The molecule has 0 amide bonds. The van der Waals surface area contributed by atoms with E-state index in [1.165, 1.54) is 50.5 Å². The lowest BCUT2D eigenvalue weighted by molar-refractivity contribution is 0.0219. The van der Waals surface area contributed by atoms with Crippen molar-refractivity contribution in [2.45, 2.75) is 82.8 Å². The van der Waals surface area contributed by atoms with Gasteiger partial charge in [0.2, 0.25) is 0 Å². The van der Waals surface area contributed by atoms with Gasteiger partial charge in [0.05, 0.1) is 0 Å². The number of rotatable bonds is 3. The third-order valence-corrected chi connectivity index (χ3v) is 5.52. The summed E-state index contributed by atoms with van der Waals surface area (Å²) >= 11 is 0. The van der Waals surface area contributed by atoms with E-state index < -0.39 is 0 Å². The minimum absolute atomic E-state index is 0.688. The fourth-order valence-corrected chi connectivity index (χ4v) is 4.17. The van der Waals surface area contributed by atoms with Crippen molar-refractivity contribution in [3.05, 3.63) is 35.9 Å². The van der Waals surface area contributed by atoms with Crippen molar-refractivity contribution in [3.63, 3.8) is 0 Å². The minimum Gasteiger partial charge on any atom is -0.252 e. The standard InChI is InChI=1S/C19H30N2/c1-15-7-6-8-16(2)21(15)20-19-13-11-18(12-14-19)17-9-4-3-5-10-17/h3-5,9-10,15-16,18-20H,6-8,11-14H2,1-2H3. The molecule has 1 aromatic carbocycles. The molecule has 1 aromatic rings. The molecule has 1 aliphatic heterocycles. The summed E-state index contributed by atoms with van der Waals surface area (Å²) in [6.45, 7) is 4.75. The number of piperidine rings is 1. The van der Waals surface area contributed by atoms with Crippen LogP contribution in [0.1, 0.15) is 70.3 Å². The molecule has 0 spiro atoms. The molecule has 2 fully saturated rings. The first-order valence-electron chi connectivity index (χ1n) is 8.83. The summed E-state index contributed by atoms with van der Waals surface area (Å²) < 4.78 is 0. The van der Waals surface area contributed by atoms with Crippen LogP contribution in [0.25, 0.3) is 0 Å². The van der Waals surface area contributed by atoms with Gasteiger partial charge < -0.3 is 0 Å². The van der Waals surface area contributed by atoms with Crippen molar-refractivity contribution in [1.82, 2.24) is 10.4 Å². The molecule has 1 heterocycles. The van der Waals surface area contributed by atoms with Gasteiger partial charge >= 0.3 is 0 Å². The zero-order valence-corrected chi connectivity index (χ0v) is 13.6. The maximum atomic E-state index is 3.86. The molecule has 2 aliphatic rings. The van der Waals surface area contributed by atoms with E-state index in [4.69, 9.17) is 0 Å². The van der Waals surface area contributed by atoms with Crippen LogP contribution >= 0.6 is 0 Å².